The minimum absolute atomic E-state index is 0.0217. The minimum atomic E-state index is -2.64. The van der Waals surface area contributed by atoms with E-state index >= 15 is 0 Å². The second-order valence-corrected chi connectivity index (χ2v) is 2.91. The third kappa shape index (κ3) is 3.13. The molecule has 88 valence electrons. The molecule has 1 aromatic carbocycles. The van der Waals surface area contributed by atoms with Crippen LogP contribution in [0.1, 0.15) is 5.56 Å². The molecule has 16 heavy (non-hydrogen) atoms. The van der Waals surface area contributed by atoms with E-state index in [4.69, 9.17) is 9.84 Å². The molecule has 0 unspecified atom stereocenters. The van der Waals surface area contributed by atoms with E-state index < -0.39 is 24.6 Å². The lowest BCUT2D eigenvalue weighted by Crippen LogP contribution is -2.08. The van der Waals surface area contributed by atoms with Crippen LogP contribution in [0.2, 0.25) is 0 Å². The maximum absolute atomic E-state index is 11.9. The summed E-state index contributed by atoms with van der Waals surface area (Å²) in [5, 5.41) is 19.3. The highest BCUT2D eigenvalue weighted by Crippen LogP contribution is 2.24. The van der Waals surface area contributed by atoms with Crippen molar-refractivity contribution in [1.29, 1.82) is 0 Å². The molecule has 0 bridgehead atoms. The second kappa shape index (κ2) is 5.36. The van der Waals surface area contributed by atoms with Crippen molar-refractivity contribution in [2.24, 2.45) is 0 Å². The van der Waals surface area contributed by atoms with Gasteiger partial charge in [-0.25, -0.2) is 8.78 Å². The Labute approximate surface area is 89.4 Å². The summed E-state index contributed by atoms with van der Waals surface area (Å²) >= 11 is 0. The third-order valence-electron chi connectivity index (χ3n) is 1.79. The third-order valence-corrected chi connectivity index (χ3v) is 1.79. The van der Waals surface area contributed by atoms with E-state index in [2.05, 4.69) is 0 Å². The van der Waals surface area contributed by atoms with Crippen LogP contribution in [0.25, 0.3) is 0 Å². The summed E-state index contributed by atoms with van der Waals surface area (Å²) in [6.45, 7) is -1.33. The fourth-order valence-electron chi connectivity index (χ4n) is 1.10. The number of alkyl halides is 2. The van der Waals surface area contributed by atoms with Crippen LogP contribution in [-0.4, -0.2) is 23.1 Å². The van der Waals surface area contributed by atoms with Crippen molar-refractivity contribution in [2.45, 2.75) is 13.0 Å². The number of non-ortho nitro benzene ring substituents is 1. The van der Waals surface area contributed by atoms with E-state index in [1.165, 1.54) is 6.07 Å². The molecule has 0 fully saturated rings. The van der Waals surface area contributed by atoms with Gasteiger partial charge in [0.05, 0.1) is 11.5 Å². The van der Waals surface area contributed by atoms with Crippen molar-refractivity contribution < 1.29 is 23.5 Å². The van der Waals surface area contributed by atoms with Gasteiger partial charge in [0.25, 0.3) is 12.1 Å². The highest BCUT2D eigenvalue weighted by atomic mass is 19.3. The average molecular weight is 233 g/mol. The highest BCUT2D eigenvalue weighted by Gasteiger charge is 2.12. The molecule has 5 nitrogen and oxygen atoms in total. The van der Waals surface area contributed by atoms with Crippen LogP contribution in [0.5, 0.6) is 5.75 Å². The molecule has 0 heterocycles. The number of nitrogens with zero attached hydrogens (tertiary/aromatic N) is 1. The Kier molecular flexibility index (Phi) is 4.12. The number of nitro benzene ring substituents is 1. The first-order valence-electron chi connectivity index (χ1n) is 4.33. The van der Waals surface area contributed by atoms with Gasteiger partial charge in [0.15, 0.2) is 0 Å². The van der Waals surface area contributed by atoms with Crippen molar-refractivity contribution in [1.82, 2.24) is 0 Å². The molecule has 0 aliphatic heterocycles. The Morgan fingerprint density at radius 2 is 2.19 bits per heavy atom. The van der Waals surface area contributed by atoms with Crippen LogP contribution >= 0.6 is 0 Å². The Morgan fingerprint density at radius 1 is 1.50 bits per heavy atom. The fourth-order valence-corrected chi connectivity index (χ4v) is 1.10. The van der Waals surface area contributed by atoms with Crippen molar-refractivity contribution in [3.05, 3.63) is 33.9 Å². The number of aliphatic hydroxyl groups is 1. The molecule has 0 amide bonds. The zero-order valence-corrected chi connectivity index (χ0v) is 8.10. The van der Waals surface area contributed by atoms with E-state index in [0.717, 1.165) is 12.1 Å². The van der Waals surface area contributed by atoms with Crippen molar-refractivity contribution in [3.63, 3.8) is 0 Å². The van der Waals surface area contributed by atoms with Crippen LogP contribution in [0.4, 0.5) is 14.5 Å². The van der Waals surface area contributed by atoms with Crippen LogP contribution < -0.4 is 4.74 Å². The van der Waals surface area contributed by atoms with Gasteiger partial charge >= 0.3 is 0 Å². The summed E-state index contributed by atoms with van der Waals surface area (Å²) in [4.78, 5) is 9.77. The SMILES string of the molecule is O=[N+]([O-])c1ccc(OCC(F)F)c(CO)c1. The molecule has 7 heteroatoms. The summed E-state index contributed by atoms with van der Waals surface area (Å²) in [6, 6.07) is 3.40. The Balaban J connectivity index is 2.89. The van der Waals surface area contributed by atoms with Gasteiger partial charge in [-0.2, -0.15) is 0 Å². The van der Waals surface area contributed by atoms with Gasteiger partial charge in [-0.15, -0.1) is 0 Å². The second-order valence-electron chi connectivity index (χ2n) is 2.91. The quantitative estimate of drug-likeness (QED) is 0.620. The smallest absolute Gasteiger partial charge is 0.272 e. The van der Waals surface area contributed by atoms with E-state index in [1.54, 1.807) is 0 Å². The number of benzene rings is 1. The van der Waals surface area contributed by atoms with Crippen molar-refractivity contribution >= 4 is 5.69 Å². The predicted molar refractivity (Wildman–Crippen MR) is 50.5 cm³/mol. The Morgan fingerprint density at radius 3 is 2.69 bits per heavy atom. The first kappa shape index (κ1) is 12.3. The van der Waals surface area contributed by atoms with Gasteiger partial charge in [-0.3, -0.25) is 10.1 Å². The first-order chi connectivity index (χ1) is 7.54. The molecule has 1 rings (SSSR count). The summed E-state index contributed by atoms with van der Waals surface area (Å²) in [5.74, 6) is 0.0217. The van der Waals surface area contributed by atoms with E-state index in [1.807, 2.05) is 0 Å². The van der Waals surface area contributed by atoms with Crippen LogP contribution in [0, 0.1) is 10.1 Å². The summed E-state index contributed by atoms with van der Waals surface area (Å²) in [7, 11) is 0. The number of halogens is 2. The summed E-state index contributed by atoms with van der Waals surface area (Å²) in [5.41, 5.74) is -0.122. The zero-order valence-electron chi connectivity index (χ0n) is 8.10. The molecule has 0 aliphatic rings. The van der Waals surface area contributed by atoms with Gasteiger partial charge in [0.1, 0.15) is 12.4 Å². The largest absolute Gasteiger partial charge is 0.487 e. The maximum Gasteiger partial charge on any atom is 0.272 e. The predicted octanol–water partition coefficient (Wildman–Crippen LogP) is 1.73. The minimum Gasteiger partial charge on any atom is -0.487 e. The van der Waals surface area contributed by atoms with Gasteiger partial charge in [0, 0.05) is 17.7 Å². The lowest BCUT2D eigenvalue weighted by atomic mass is 10.2. The lowest BCUT2D eigenvalue weighted by Gasteiger charge is -2.09. The monoisotopic (exact) mass is 233 g/mol. The number of hydrogen-bond acceptors (Lipinski definition) is 4. The zero-order chi connectivity index (χ0) is 12.1. The number of ether oxygens (including phenoxy) is 1. The lowest BCUT2D eigenvalue weighted by molar-refractivity contribution is -0.385. The highest BCUT2D eigenvalue weighted by molar-refractivity contribution is 5.43. The maximum atomic E-state index is 11.9. The molecule has 0 atom stereocenters. The number of rotatable bonds is 5. The molecule has 0 radical (unpaired) electrons. The van der Waals surface area contributed by atoms with Gasteiger partial charge in [-0.1, -0.05) is 0 Å². The molecule has 0 aromatic heterocycles. The van der Waals surface area contributed by atoms with Crippen LogP contribution in [0.15, 0.2) is 18.2 Å². The van der Waals surface area contributed by atoms with E-state index in [-0.39, 0.29) is 17.0 Å². The normalized spacial score (nSPS) is 10.5. The van der Waals surface area contributed by atoms with E-state index in [0.29, 0.717) is 0 Å². The van der Waals surface area contributed by atoms with E-state index in [9.17, 15) is 18.9 Å². The number of hydrogen-bond donors (Lipinski definition) is 1. The molecular weight excluding hydrogens is 224 g/mol. The van der Waals surface area contributed by atoms with Crippen molar-refractivity contribution in [3.8, 4) is 5.75 Å². The van der Waals surface area contributed by atoms with Gasteiger partial charge in [0.2, 0.25) is 0 Å². The van der Waals surface area contributed by atoms with Crippen LogP contribution in [-0.2, 0) is 6.61 Å². The molecule has 1 aromatic rings. The summed E-state index contributed by atoms with van der Waals surface area (Å²) < 4.78 is 28.4. The molecule has 0 aliphatic carbocycles. The fraction of sp³-hybridized carbons (Fsp3) is 0.333. The first-order valence-corrected chi connectivity index (χ1v) is 4.33. The standard InChI is InChI=1S/C9H9F2NO4/c10-9(11)5-16-8-2-1-7(12(14)15)3-6(8)4-13/h1-3,9,13H,4-5H2. The molecular formula is C9H9F2NO4. The molecule has 0 saturated heterocycles. The van der Waals surface area contributed by atoms with Crippen LogP contribution in [0.3, 0.4) is 0 Å². The van der Waals surface area contributed by atoms with Crippen molar-refractivity contribution in [2.75, 3.05) is 6.61 Å². The molecule has 1 N–H and O–H groups in total. The topological polar surface area (TPSA) is 72.6 Å². The van der Waals surface area contributed by atoms with Gasteiger partial charge < -0.3 is 9.84 Å². The number of aliphatic hydroxyl groups excluding tert-OH is 1. The molecule has 0 spiro atoms. The number of nitro groups is 1. The summed E-state index contributed by atoms with van der Waals surface area (Å²) in [6.07, 6.45) is -2.64. The van der Waals surface area contributed by atoms with Gasteiger partial charge in [-0.05, 0) is 6.07 Å². The molecule has 0 saturated carbocycles. The average Bonchev–Trinajstić information content (AvgIpc) is 2.25. The Bertz CT molecular complexity index is 384. The Hall–Kier alpha value is -1.76.